The van der Waals surface area contributed by atoms with E-state index in [1.807, 2.05) is 0 Å². The summed E-state index contributed by atoms with van der Waals surface area (Å²) in [6, 6.07) is 0. The second-order valence-electron chi connectivity index (χ2n) is 4.30. The molecular formula is C12H14O5S8. The lowest BCUT2D eigenvalue weighted by molar-refractivity contribution is -0.103. The highest BCUT2D eigenvalue weighted by Crippen LogP contribution is 2.41. The molecule has 2 rings (SSSR count). The van der Waals surface area contributed by atoms with Crippen LogP contribution in [0.4, 0.5) is 0 Å². The van der Waals surface area contributed by atoms with Gasteiger partial charge in [0.1, 0.15) is 21.7 Å². The monoisotopic (exact) mass is 494 g/mol. The maximum absolute atomic E-state index is 5.73. The van der Waals surface area contributed by atoms with Crippen molar-refractivity contribution in [3.05, 3.63) is 42.2 Å². The standard InChI is InChI=1S/C12H14O5S8/c18-1-13-3-5(20)9(16-11(24)7(3)22)15-10-6(21)4(14-2-19)8(23)12(25)17-10/h9,12,18-25H,1-2H2. The second kappa shape index (κ2) is 9.80. The Bertz CT molecular complexity index is 670. The average Bonchev–Trinajstić information content (AvgIpc) is 2.58. The summed E-state index contributed by atoms with van der Waals surface area (Å²) in [5.74, 6) is 0.912. The molecule has 0 aromatic heterocycles. The minimum atomic E-state index is -1.00. The molecule has 0 saturated carbocycles. The van der Waals surface area contributed by atoms with Gasteiger partial charge in [0.25, 0.3) is 6.29 Å². The van der Waals surface area contributed by atoms with Crippen molar-refractivity contribution >= 4 is 101 Å². The summed E-state index contributed by atoms with van der Waals surface area (Å²) in [6.07, 6.45) is -1.00. The molecule has 0 N–H and O–H groups in total. The molecule has 0 fully saturated rings. The summed E-state index contributed by atoms with van der Waals surface area (Å²) in [7, 11) is 0. The van der Waals surface area contributed by atoms with Gasteiger partial charge in [0.05, 0.1) is 9.81 Å². The first-order valence-electron chi connectivity index (χ1n) is 6.39. The highest BCUT2D eigenvalue weighted by atomic mass is 32.1. The molecule has 0 saturated heterocycles. The molecule has 5 nitrogen and oxygen atoms in total. The summed E-state index contributed by atoms with van der Waals surface area (Å²) in [4.78, 5) is 1.40. The third-order valence-electron chi connectivity index (χ3n) is 2.82. The number of rotatable bonds is 6. The quantitative estimate of drug-likeness (QED) is 0.213. The number of hydrogen-bond acceptors (Lipinski definition) is 13. The van der Waals surface area contributed by atoms with Crippen molar-refractivity contribution in [1.82, 2.24) is 0 Å². The predicted octanol–water partition coefficient (Wildman–Crippen LogP) is 3.86. The fourth-order valence-electron chi connectivity index (χ4n) is 1.75. The number of ether oxygens (including phenoxy) is 5. The molecule has 25 heavy (non-hydrogen) atoms. The van der Waals surface area contributed by atoms with Gasteiger partial charge >= 0.3 is 5.95 Å². The van der Waals surface area contributed by atoms with Crippen LogP contribution in [0.15, 0.2) is 42.2 Å². The minimum Gasteiger partial charge on any atom is -0.481 e. The zero-order valence-corrected chi connectivity index (χ0v) is 19.3. The highest BCUT2D eigenvalue weighted by molar-refractivity contribution is 7.89. The van der Waals surface area contributed by atoms with Gasteiger partial charge in [-0.05, 0) is 0 Å². The number of thiol groups is 8. The minimum absolute atomic E-state index is 0.0171. The van der Waals surface area contributed by atoms with Gasteiger partial charge in [-0.15, -0.1) is 101 Å². The summed E-state index contributed by atoms with van der Waals surface area (Å²) < 4.78 is 27.6. The van der Waals surface area contributed by atoms with Crippen LogP contribution < -0.4 is 0 Å². The molecule has 0 aromatic carbocycles. The van der Waals surface area contributed by atoms with Gasteiger partial charge in [-0.1, -0.05) is 0 Å². The molecule has 2 atom stereocenters. The Morgan fingerprint density at radius 2 is 1.36 bits per heavy atom. The third kappa shape index (κ3) is 4.98. The van der Waals surface area contributed by atoms with Crippen LogP contribution in [0.3, 0.4) is 0 Å². The van der Waals surface area contributed by atoms with Gasteiger partial charge in [0.15, 0.2) is 22.0 Å². The topological polar surface area (TPSA) is 46.2 Å². The van der Waals surface area contributed by atoms with Crippen LogP contribution in [-0.2, 0) is 23.7 Å². The van der Waals surface area contributed by atoms with E-state index in [1.54, 1.807) is 0 Å². The fourth-order valence-corrected chi connectivity index (χ4v) is 3.64. The summed E-state index contributed by atoms with van der Waals surface area (Å²) in [6.45, 7) is 0. The van der Waals surface area contributed by atoms with Crippen LogP contribution >= 0.6 is 101 Å². The average molecular weight is 495 g/mol. The van der Waals surface area contributed by atoms with Crippen LogP contribution in [-0.4, -0.2) is 23.6 Å². The van der Waals surface area contributed by atoms with E-state index in [1.165, 1.54) is 0 Å². The van der Waals surface area contributed by atoms with E-state index in [2.05, 4.69) is 101 Å². The van der Waals surface area contributed by atoms with Crippen LogP contribution in [0, 0.1) is 0 Å². The molecule has 2 aliphatic heterocycles. The smallest absolute Gasteiger partial charge is 0.302 e. The first-order valence-corrected chi connectivity index (χ1v) is 10.4. The maximum atomic E-state index is 5.73. The Kier molecular flexibility index (Phi) is 8.65. The third-order valence-corrected chi connectivity index (χ3v) is 5.79. The number of hydrogen-bond donors (Lipinski definition) is 8. The molecule has 0 bridgehead atoms. The van der Waals surface area contributed by atoms with Crippen molar-refractivity contribution < 1.29 is 23.7 Å². The van der Waals surface area contributed by atoms with Crippen molar-refractivity contribution in [1.29, 1.82) is 0 Å². The Morgan fingerprint density at radius 3 is 1.92 bits per heavy atom. The van der Waals surface area contributed by atoms with E-state index >= 15 is 0 Å². The summed E-state index contributed by atoms with van der Waals surface area (Å²) in [5.41, 5.74) is -0.709. The van der Waals surface area contributed by atoms with Crippen molar-refractivity contribution in [2.24, 2.45) is 0 Å². The van der Waals surface area contributed by atoms with E-state index in [4.69, 9.17) is 23.7 Å². The van der Waals surface area contributed by atoms with Gasteiger partial charge < -0.3 is 23.7 Å². The van der Waals surface area contributed by atoms with Gasteiger partial charge in [-0.3, -0.25) is 0 Å². The predicted molar refractivity (Wildman–Crippen MR) is 123 cm³/mol. The molecule has 0 aromatic rings. The Labute approximate surface area is 189 Å². The van der Waals surface area contributed by atoms with Crippen LogP contribution in [0.2, 0.25) is 0 Å². The summed E-state index contributed by atoms with van der Waals surface area (Å²) in [5, 5.41) is 0.194. The van der Waals surface area contributed by atoms with Gasteiger partial charge in [-0.25, -0.2) is 0 Å². The highest BCUT2D eigenvalue weighted by Gasteiger charge is 2.34. The van der Waals surface area contributed by atoms with Crippen LogP contribution in [0.25, 0.3) is 0 Å². The molecule has 0 aliphatic carbocycles. The lowest BCUT2D eigenvalue weighted by atomic mass is 10.3. The van der Waals surface area contributed by atoms with E-state index in [9.17, 15) is 0 Å². The molecular weight excluding hydrogens is 481 g/mol. The van der Waals surface area contributed by atoms with E-state index in [0.717, 1.165) is 0 Å². The molecule has 0 amide bonds. The van der Waals surface area contributed by atoms with E-state index < -0.39 is 11.7 Å². The second-order valence-corrected chi connectivity index (χ2v) is 7.55. The van der Waals surface area contributed by atoms with Crippen molar-refractivity contribution in [2.45, 2.75) is 11.7 Å². The van der Waals surface area contributed by atoms with Crippen molar-refractivity contribution in [2.75, 3.05) is 11.9 Å². The van der Waals surface area contributed by atoms with Crippen LogP contribution in [0.5, 0.6) is 0 Å². The molecule has 140 valence electrons. The molecule has 2 unspecified atom stereocenters. The molecule has 2 aliphatic rings. The van der Waals surface area contributed by atoms with E-state index in [-0.39, 0.29) is 27.8 Å². The Balaban J connectivity index is 2.32. The lowest BCUT2D eigenvalue weighted by Gasteiger charge is -2.31. The van der Waals surface area contributed by atoms with Crippen LogP contribution in [0.1, 0.15) is 0 Å². The zero-order chi connectivity index (χ0) is 18.7. The normalized spacial score (nSPS) is 24.3. The van der Waals surface area contributed by atoms with Gasteiger partial charge in [-0.2, -0.15) is 0 Å². The zero-order valence-electron chi connectivity index (χ0n) is 12.2. The maximum Gasteiger partial charge on any atom is 0.302 e. The van der Waals surface area contributed by atoms with E-state index in [0.29, 0.717) is 26.2 Å². The Hall–Kier alpha value is 0.760. The molecule has 13 heteroatoms. The SMILES string of the molecule is SCOC1=C(S)C(S)OC(OC2OC(S)=C(S)C(OCS)=C2S)=C1S. The molecule has 0 spiro atoms. The molecule has 2 heterocycles. The first-order chi connectivity index (χ1) is 11.8. The lowest BCUT2D eigenvalue weighted by Crippen LogP contribution is -2.26. The van der Waals surface area contributed by atoms with Crippen molar-refractivity contribution in [3.8, 4) is 0 Å². The van der Waals surface area contributed by atoms with Gasteiger partial charge in [0.2, 0.25) is 0 Å². The molecule has 0 radical (unpaired) electrons. The summed E-state index contributed by atoms with van der Waals surface area (Å²) >= 11 is 33.9. The largest absolute Gasteiger partial charge is 0.481 e. The van der Waals surface area contributed by atoms with Gasteiger partial charge in [0, 0.05) is 0 Å². The fraction of sp³-hybridized carbons (Fsp3) is 0.333. The first kappa shape index (κ1) is 22.1. The Morgan fingerprint density at radius 1 is 0.800 bits per heavy atom. The van der Waals surface area contributed by atoms with Crippen molar-refractivity contribution in [3.63, 3.8) is 0 Å².